The minimum Gasteiger partial charge on any atom is -0.507 e. The summed E-state index contributed by atoms with van der Waals surface area (Å²) in [5.74, 6) is -2.56. The lowest BCUT2D eigenvalue weighted by Crippen LogP contribution is -2.29. The van der Waals surface area contributed by atoms with Gasteiger partial charge in [0.1, 0.15) is 17.6 Å². The lowest BCUT2D eigenvalue weighted by atomic mass is 9.99. The highest BCUT2D eigenvalue weighted by Gasteiger charge is 2.47. The fourth-order valence-electron chi connectivity index (χ4n) is 3.49. The second kappa shape index (κ2) is 8.34. The molecule has 1 unspecified atom stereocenters. The van der Waals surface area contributed by atoms with Crippen LogP contribution in [0, 0.1) is 5.82 Å². The number of amides is 1. The molecule has 3 aromatic rings. The number of carbonyl (C=O) groups excluding carboxylic acids is 2. The molecule has 4 rings (SSSR count). The fraction of sp³-hybridized carbons (Fsp3) is 0.0909. The van der Waals surface area contributed by atoms with E-state index in [9.17, 15) is 19.1 Å². The van der Waals surface area contributed by atoms with Crippen molar-refractivity contribution < 1.29 is 23.8 Å². The summed E-state index contributed by atoms with van der Waals surface area (Å²) in [6.07, 6.45) is 0. The molecule has 9 heteroatoms. The van der Waals surface area contributed by atoms with Crippen LogP contribution in [0.5, 0.6) is 5.75 Å². The van der Waals surface area contributed by atoms with Gasteiger partial charge in [0.15, 0.2) is 5.75 Å². The lowest BCUT2D eigenvalue weighted by Gasteiger charge is -2.24. The molecule has 1 N–H and O–H groups in total. The number of nitrogens with zero attached hydrogens (tertiary/aromatic N) is 1. The minimum atomic E-state index is -0.943. The first-order chi connectivity index (χ1) is 14.8. The van der Waals surface area contributed by atoms with Crippen LogP contribution in [-0.2, 0) is 9.59 Å². The standard InChI is InChI=1S/C22H14Cl2FNO4S/c1-30-21-14(23)8-11(9-15(21)24)19(27)17-18(16-6-3-7-31-16)26(22(29)20(17)28)13-5-2-4-12(25)10-13/h2-10,18,27H,1H3/b19-17-. The maximum absolute atomic E-state index is 13.9. The van der Waals surface area contributed by atoms with Gasteiger partial charge in [-0.1, -0.05) is 35.3 Å². The van der Waals surface area contributed by atoms with Crippen molar-refractivity contribution in [3.8, 4) is 5.75 Å². The van der Waals surface area contributed by atoms with Gasteiger partial charge in [-0.15, -0.1) is 11.3 Å². The molecule has 0 spiro atoms. The number of thiophene rings is 1. The van der Waals surface area contributed by atoms with Gasteiger partial charge in [-0.3, -0.25) is 14.5 Å². The van der Waals surface area contributed by atoms with Crippen LogP contribution in [0.4, 0.5) is 10.1 Å². The van der Waals surface area contributed by atoms with Crippen LogP contribution in [0.1, 0.15) is 16.5 Å². The summed E-state index contributed by atoms with van der Waals surface area (Å²) in [5.41, 5.74) is 0.203. The number of hydrogen-bond acceptors (Lipinski definition) is 5. The van der Waals surface area contributed by atoms with Gasteiger partial charge in [-0.25, -0.2) is 4.39 Å². The topological polar surface area (TPSA) is 66.8 Å². The molecular formula is C22H14Cl2FNO4S. The largest absolute Gasteiger partial charge is 0.507 e. The summed E-state index contributed by atoms with van der Waals surface area (Å²) in [6, 6.07) is 10.7. The first-order valence-corrected chi connectivity index (χ1v) is 10.6. The SMILES string of the molecule is COc1c(Cl)cc(/C(O)=C2/C(=O)C(=O)N(c3cccc(F)c3)C2c2cccs2)cc1Cl. The number of aliphatic hydroxyl groups is 1. The predicted octanol–water partition coefficient (Wildman–Crippen LogP) is 5.83. The van der Waals surface area contributed by atoms with Crippen molar-refractivity contribution in [2.75, 3.05) is 12.0 Å². The summed E-state index contributed by atoms with van der Waals surface area (Å²) >= 11 is 13.7. The van der Waals surface area contributed by atoms with E-state index in [1.807, 2.05) is 0 Å². The van der Waals surface area contributed by atoms with Crippen molar-refractivity contribution in [1.82, 2.24) is 0 Å². The Bertz CT molecular complexity index is 1200. The summed E-state index contributed by atoms with van der Waals surface area (Å²) in [7, 11) is 1.40. The van der Waals surface area contributed by atoms with E-state index < -0.39 is 29.3 Å². The number of ether oxygens (including phenoxy) is 1. The third-order valence-corrected chi connectivity index (χ3v) is 6.31. The van der Waals surface area contributed by atoms with Crippen molar-refractivity contribution in [3.63, 3.8) is 0 Å². The zero-order valence-electron chi connectivity index (χ0n) is 15.9. The predicted molar refractivity (Wildman–Crippen MR) is 119 cm³/mol. The number of methoxy groups -OCH3 is 1. The first kappa shape index (κ1) is 21.4. The van der Waals surface area contributed by atoms with E-state index in [0.29, 0.717) is 4.88 Å². The number of benzene rings is 2. The van der Waals surface area contributed by atoms with E-state index in [4.69, 9.17) is 27.9 Å². The molecule has 0 radical (unpaired) electrons. The summed E-state index contributed by atoms with van der Waals surface area (Å²) in [4.78, 5) is 27.7. The zero-order chi connectivity index (χ0) is 22.3. The van der Waals surface area contributed by atoms with E-state index in [2.05, 4.69) is 0 Å². The van der Waals surface area contributed by atoms with Gasteiger partial charge in [-0.2, -0.15) is 0 Å². The third kappa shape index (κ3) is 3.69. The molecule has 1 amide bonds. The Morgan fingerprint density at radius 2 is 1.84 bits per heavy atom. The number of Topliss-reactive ketones (excluding diaryl/α,β-unsaturated/α-hetero) is 1. The number of hydrogen-bond donors (Lipinski definition) is 1. The molecule has 1 aliphatic rings. The Kier molecular flexibility index (Phi) is 5.75. The van der Waals surface area contributed by atoms with Gasteiger partial charge in [0.25, 0.3) is 11.7 Å². The van der Waals surface area contributed by atoms with Crippen molar-refractivity contribution in [1.29, 1.82) is 0 Å². The molecule has 0 bridgehead atoms. The van der Waals surface area contributed by atoms with Crippen LogP contribution in [0.3, 0.4) is 0 Å². The second-order valence-corrected chi connectivity index (χ2v) is 8.43. The maximum atomic E-state index is 13.9. The maximum Gasteiger partial charge on any atom is 0.300 e. The Hall–Kier alpha value is -2.87. The average Bonchev–Trinajstić information content (AvgIpc) is 3.34. The number of carbonyl (C=O) groups is 2. The van der Waals surface area contributed by atoms with Gasteiger partial charge in [-0.05, 0) is 41.8 Å². The van der Waals surface area contributed by atoms with Crippen LogP contribution in [0.15, 0.2) is 59.5 Å². The Balaban J connectivity index is 1.94. The molecule has 1 aromatic heterocycles. The highest BCUT2D eigenvalue weighted by molar-refractivity contribution is 7.10. The van der Waals surface area contributed by atoms with Crippen LogP contribution in [0.2, 0.25) is 10.0 Å². The smallest absolute Gasteiger partial charge is 0.300 e. The highest BCUT2D eigenvalue weighted by Crippen LogP contribution is 2.44. The third-order valence-electron chi connectivity index (χ3n) is 4.82. The Morgan fingerprint density at radius 1 is 1.13 bits per heavy atom. The molecule has 1 atom stereocenters. The fourth-order valence-corrected chi connectivity index (χ4v) is 4.95. The molecule has 31 heavy (non-hydrogen) atoms. The van der Waals surface area contributed by atoms with Gasteiger partial charge in [0, 0.05) is 16.1 Å². The average molecular weight is 478 g/mol. The highest BCUT2D eigenvalue weighted by atomic mass is 35.5. The van der Waals surface area contributed by atoms with Crippen LogP contribution >= 0.6 is 34.5 Å². The summed E-state index contributed by atoms with van der Waals surface area (Å²) in [6.45, 7) is 0. The van der Waals surface area contributed by atoms with E-state index in [0.717, 1.165) is 6.07 Å². The number of rotatable bonds is 4. The Morgan fingerprint density at radius 3 is 2.42 bits per heavy atom. The van der Waals surface area contributed by atoms with Crippen LogP contribution < -0.4 is 9.64 Å². The van der Waals surface area contributed by atoms with E-state index in [-0.39, 0.29) is 32.6 Å². The van der Waals surface area contributed by atoms with Crippen molar-refractivity contribution in [2.45, 2.75) is 6.04 Å². The monoisotopic (exact) mass is 477 g/mol. The normalized spacial score (nSPS) is 17.9. The van der Waals surface area contributed by atoms with Crippen molar-refractivity contribution in [2.24, 2.45) is 0 Å². The van der Waals surface area contributed by atoms with Crippen molar-refractivity contribution >= 4 is 57.7 Å². The van der Waals surface area contributed by atoms with E-state index in [1.54, 1.807) is 17.5 Å². The first-order valence-electron chi connectivity index (χ1n) is 8.97. The molecule has 2 heterocycles. The number of anilines is 1. The van der Waals surface area contributed by atoms with Gasteiger partial charge in [0.2, 0.25) is 0 Å². The van der Waals surface area contributed by atoms with Crippen molar-refractivity contribution in [3.05, 3.63) is 85.8 Å². The molecule has 5 nitrogen and oxygen atoms in total. The number of aliphatic hydroxyl groups excluding tert-OH is 1. The molecular weight excluding hydrogens is 464 g/mol. The van der Waals surface area contributed by atoms with Gasteiger partial charge in [0.05, 0.1) is 22.7 Å². The van der Waals surface area contributed by atoms with E-state index in [1.165, 1.54) is 53.7 Å². The number of halogens is 3. The Labute approximate surface area is 190 Å². The second-order valence-electron chi connectivity index (χ2n) is 6.64. The van der Waals surface area contributed by atoms with Gasteiger partial charge >= 0.3 is 0 Å². The molecule has 1 fully saturated rings. The minimum absolute atomic E-state index is 0.128. The summed E-state index contributed by atoms with van der Waals surface area (Å²) < 4.78 is 19.0. The lowest BCUT2D eigenvalue weighted by molar-refractivity contribution is -0.132. The molecule has 0 aliphatic carbocycles. The summed E-state index contributed by atoms with van der Waals surface area (Å²) in [5, 5.41) is 13.1. The van der Waals surface area contributed by atoms with Crippen LogP contribution in [0.25, 0.3) is 5.76 Å². The molecule has 158 valence electrons. The molecule has 1 saturated heterocycles. The number of ketones is 1. The quantitative estimate of drug-likeness (QED) is 0.291. The van der Waals surface area contributed by atoms with Crippen LogP contribution in [-0.4, -0.2) is 23.9 Å². The zero-order valence-corrected chi connectivity index (χ0v) is 18.3. The molecule has 1 aliphatic heterocycles. The molecule has 0 saturated carbocycles. The van der Waals surface area contributed by atoms with Gasteiger partial charge < -0.3 is 9.84 Å². The van der Waals surface area contributed by atoms with E-state index >= 15 is 0 Å². The molecule has 2 aromatic carbocycles.